The van der Waals surface area contributed by atoms with Crippen LogP contribution in [-0.4, -0.2) is 33.0 Å². The van der Waals surface area contributed by atoms with Crippen LogP contribution in [0.2, 0.25) is 0 Å². The summed E-state index contributed by atoms with van der Waals surface area (Å²) >= 11 is 6.00. The number of hydrogen-bond acceptors (Lipinski definition) is 5. The van der Waals surface area contributed by atoms with Crippen molar-refractivity contribution in [2.45, 2.75) is 11.5 Å². The first-order valence-electron chi connectivity index (χ1n) is 9.81. The van der Waals surface area contributed by atoms with Gasteiger partial charge in [-0.05, 0) is 24.3 Å². The molecule has 0 aliphatic rings. The first-order chi connectivity index (χ1) is 14.4. The third-order valence-electron chi connectivity index (χ3n) is 4.56. The van der Waals surface area contributed by atoms with Crippen LogP contribution in [0.5, 0.6) is 0 Å². The van der Waals surface area contributed by atoms with Gasteiger partial charge in [0.1, 0.15) is 0 Å². The van der Waals surface area contributed by atoms with Gasteiger partial charge in [0, 0.05) is 45.3 Å². The summed E-state index contributed by atoms with van der Waals surface area (Å²) in [5.41, 5.74) is 4.55. The Kier molecular flexibility index (Phi) is 7.74. The van der Waals surface area contributed by atoms with E-state index in [2.05, 4.69) is 72.8 Å². The molecule has 0 unspecified atom stereocenters. The monoisotopic (exact) mass is 436 g/mol. The van der Waals surface area contributed by atoms with E-state index in [0.29, 0.717) is 0 Å². The lowest BCUT2D eigenvalue weighted by atomic mass is 10.2. The van der Waals surface area contributed by atoms with E-state index in [-0.39, 0.29) is 0 Å². The molecule has 0 saturated carbocycles. The fourth-order valence-corrected chi connectivity index (χ4v) is 6.19. The van der Waals surface area contributed by atoms with E-state index in [1.54, 1.807) is 0 Å². The van der Waals surface area contributed by atoms with Crippen molar-refractivity contribution in [3.8, 4) is 0 Å². The lowest BCUT2D eigenvalue weighted by Crippen LogP contribution is -1.93. The molecule has 0 saturated heterocycles. The van der Waals surface area contributed by atoms with E-state index in [0.717, 1.165) is 22.5 Å². The molecule has 0 fully saturated rings. The predicted octanol–water partition coefficient (Wildman–Crippen LogP) is 6.68. The number of para-hydroxylation sites is 2. The summed E-state index contributed by atoms with van der Waals surface area (Å²) in [6, 6.07) is 25.3. The summed E-state index contributed by atoms with van der Waals surface area (Å²) in [5.74, 6) is 6.74. The molecule has 2 nitrogen and oxygen atoms in total. The standard InChI is InChI=1S/C24H24N2S3/c1-3-7-23-19(5-1)9-11-21(25-23)17-28-15-13-27-14-16-29-18-22-12-10-20-6-2-4-8-24(20)26-22/h1-12H,13-18H2. The second-order valence-electron chi connectivity index (χ2n) is 6.71. The molecule has 29 heavy (non-hydrogen) atoms. The van der Waals surface area contributed by atoms with E-state index in [9.17, 15) is 0 Å². The Hall–Kier alpha value is -1.69. The normalized spacial score (nSPS) is 11.3. The van der Waals surface area contributed by atoms with Crippen molar-refractivity contribution < 1.29 is 0 Å². The van der Waals surface area contributed by atoms with Gasteiger partial charge in [-0.25, -0.2) is 0 Å². The zero-order valence-corrected chi connectivity index (χ0v) is 18.7. The number of aromatic nitrogens is 2. The molecule has 2 aromatic carbocycles. The number of thioether (sulfide) groups is 3. The fraction of sp³-hybridized carbons (Fsp3) is 0.250. The van der Waals surface area contributed by atoms with Gasteiger partial charge in [-0.15, -0.1) is 0 Å². The van der Waals surface area contributed by atoms with Crippen LogP contribution >= 0.6 is 35.3 Å². The van der Waals surface area contributed by atoms with E-state index in [1.165, 1.54) is 45.2 Å². The molecular formula is C24H24N2S3. The molecule has 0 aliphatic heterocycles. The highest BCUT2D eigenvalue weighted by Crippen LogP contribution is 2.19. The van der Waals surface area contributed by atoms with Gasteiger partial charge in [0.2, 0.25) is 0 Å². The largest absolute Gasteiger partial charge is 0.252 e. The summed E-state index contributed by atoms with van der Waals surface area (Å²) in [6.45, 7) is 0. The summed E-state index contributed by atoms with van der Waals surface area (Å²) in [4.78, 5) is 9.49. The molecule has 0 bridgehead atoms. The summed E-state index contributed by atoms with van der Waals surface area (Å²) in [7, 11) is 0. The van der Waals surface area contributed by atoms with Gasteiger partial charge >= 0.3 is 0 Å². The van der Waals surface area contributed by atoms with Crippen LogP contribution in [0.4, 0.5) is 0 Å². The van der Waals surface area contributed by atoms with Crippen LogP contribution in [-0.2, 0) is 11.5 Å². The molecular weight excluding hydrogens is 412 g/mol. The van der Waals surface area contributed by atoms with Crippen LogP contribution in [0.25, 0.3) is 21.8 Å². The van der Waals surface area contributed by atoms with Crippen molar-refractivity contribution in [3.63, 3.8) is 0 Å². The van der Waals surface area contributed by atoms with Crippen LogP contribution in [0.3, 0.4) is 0 Å². The minimum atomic E-state index is 0.994. The maximum absolute atomic E-state index is 4.74. The summed E-state index contributed by atoms with van der Waals surface area (Å²) in [6.07, 6.45) is 0. The van der Waals surface area contributed by atoms with Crippen molar-refractivity contribution in [1.82, 2.24) is 9.97 Å². The minimum Gasteiger partial charge on any atom is -0.252 e. The Bertz CT molecular complexity index is 983. The van der Waals surface area contributed by atoms with Crippen molar-refractivity contribution >= 4 is 57.1 Å². The highest BCUT2D eigenvalue weighted by molar-refractivity contribution is 8.04. The van der Waals surface area contributed by atoms with Gasteiger partial charge in [0.05, 0.1) is 22.4 Å². The molecule has 0 atom stereocenters. The first kappa shape index (κ1) is 20.6. The van der Waals surface area contributed by atoms with Crippen LogP contribution < -0.4 is 0 Å². The zero-order valence-electron chi connectivity index (χ0n) is 16.3. The SMILES string of the molecule is c1ccc2nc(CSCCSCCSCc3ccc4ccccc4n3)ccc2c1. The lowest BCUT2D eigenvalue weighted by Gasteiger charge is -2.05. The van der Waals surface area contributed by atoms with Gasteiger partial charge in [0.25, 0.3) is 0 Å². The van der Waals surface area contributed by atoms with Crippen LogP contribution in [0.1, 0.15) is 11.4 Å². The molecule has 0 aliphatic carbocycles. The quantitative estimate of drug-likeness (QED) is 0.258. The highest BCUT2D eigenvalue weighted by atomic mass is 32.2. The molecule has 0 amide bonds. The maximum atomic E-state index is 4.74. The topological polar surface area (TPSA) is 25.8 Å². The van der Waals surface area contributed by atoms with Crippen LogP contribution in [0.15, 0.2) is 72.8 Å². The fourth-order valence-electron chi connectivity index (χ4n) is 3.07. The van der Waals surface area contributed by atoms with Crippen LogP contribution in [0, 0.1) is 0 Å². The molecule has 148 valence electrons. The lowest BCUT2D eigenvalue weighted by molar-refractivity contribution is 1.22. The third-order valence-corrected chi connectivity index (χ3v) is 8.04. The average molecular weight is 437 g/mol. The minimum absolute atomic E-state index is 0.994. The molecule has 2 aromatic heterocycles. The Balaban J connectivity index is 1.08. The van der Waals surface area contributed by atoms with E-state index < -0.39 is 0 Å². The third kappa shape index (κ3) is 6.14. The zero-order chi connectivity index (χ0) is 19.7. The van der Waals surface area contributed by atoms with Gasteiger partial charge < -0.3 is 0 Å². The van der Waals surface area contributed by atoms with Crippen molar-refractivity contribution in [2.24, 2.45) is 0 Å². The molecule has 4 rings (SSSR count). The van der Waals surface area contributed by atoms with E-state index in [1.807, 2.05) is 35.3 Å². The van der Waals surface area contributed by atoms with Gasteiger partial charge in [-0.2, -0.15) is 35.3 Å². The molecule has 5 heteroatoms. The van der Waals surface area contributed by atoms with Gasteiger partial charge in [-0.3, -0.25) is 9.97 Å². The van der Waals surface area contributed by atoms with E-state index in [4.69, 9.17) is 9.97 Å². The molecule has 0 spiro atoms. The van der Waals surface area contributed by atoms with Crippen molar-refractivity contribution in [1.29, 1.82) is 0 Å². The Morgan fingerprint density at radius 1 is 0.483 bits per heavy atom. The first-order valence-corrected chi connectivity index (χ1v) is 13.3. The molecule has 0 radical (unpaired) electrons. The maximum Gasteiger partial charge on any atom is 0.0705 e. The molecule has 4 aromatic rings. The predicted molar refractivity (Wildman–Crippen MR) is 133 cm³/mol. The van der Waals surface area contributed by atoms with Gasteiger partial charge in [0.15, 0.2) is 0 Å². The Morgan fingerprint density at radius 2 is 0.931 bits per heavy atom. The van der Waals surface area contributed by atoms with Crippen molar-refractivity contribution in [2.75, 3.05) is 23.0 Å². The highest BCUT2D eigenvalue weighted by Gasteiger charge is 2.00. The summed E-state index contributed by atoms with van der Waals surface area (Å²) in [5, 5.41) is 2.43. The average Bonchev–Trinajstić information content (AvgIpc) is 2.77. The number of benzene rings is 2. The number of nitrogens with zero attached hydrogens (tertiary/aromatic N) is 2. The number of rotatable bonds is 10. The second kappa shape index (κ2) is 10.9. The summed E-state index contributed by atoms with van der Waals surface area (Å²) < 4.78 is 0. The Morgan fingerprint density at radius 3 is 1.45 bits per heavy atom. The van der Waals surface area contributed by atoms with Gasteiger partial charge in [-0.1, -0.05) is 48.5 Å². The number of hydrogen-bond donors (Lipinski definition) is 0. The smallest absolute Gasteiger partial charge is 0.0705 e. The number of fused-ring (bicyclic) bond motifs is 2. The second-order valence-corrected chi connectivity index (χ2v) is 10.1. The van der Waals surface area contributed by atoms with Crippen molar-refractivity contribution in [3.05, 3.63) is 84.2 Å². The number of pyridine rings is 2. The molecule has 0 N–H and O–H groups in total. The van der Waals surface area contributed by atoms with E-state index >= 15 is 0 Å². The Labute approximate surface area is 185 Å². The molecule has 2 heterocycles.